The largest absolute Gasteiger partial charge is 0.493 e. The summed E-state index contributed by atoms with van der Waals surface area (Å²) in [6, 6.07) is 5.80. The molecule has 3 rings (SSSR count). The van der Waals surface area contributed by atoms with Crippen LogP contribution in [-0.2, 0) is 6.42 Å². The van der Waals surface area contributed by atoms with Crippen molar-refractivity contribution in [3.05, 3.63) is 30.0 Å². The molecule has 2 aromatic rings. The van der Waals surface area contributed by atoms with E-state index in [1.54, 1.807) is 6.20 Å². The molecular formula is C16H20N2O2. The second-order valence-corrected chi connectivity index (χ2v) is 5.21. The number of rotatable bonds is 3. The van der Waals surface area contributed by atoms with Gasteiger partial charge in [0.15, 0.2) is 0 Å². The Morgan fingerprint density at radius 3 is 2.90 bits per heavy atom. The van der Waals surface area contributed by atoms with Crippen molar-refractivity contribution >= 4 is 10.8 Å². The highest BCUT2D eigenvalue weighted by Crippen LogP contribution is 2.34. The highest BCUT2D eigenvalue weighted by atomic mass is 16.5. The molecule has 0 spiro atoms. The first-order chi connectivity index (χ1) is 9.79. The molecule has 4 heteroatoms. The van der Waals surface area contributed by atoms with E-state index in [9.17, 15) is 5.11 Å². The number of hydrogen-bond donors (Lipinski definition) is 2. The SMILES string of the molecule is CCc1cnc(O)c2cccc(OC3CCNCC3)c12. The molecule has 20 heavy (non-hydrogen) atoms. The summed E-state index contributed by atoms with van der Waals surface area (Å²) in [6.45, 7) is 4.10. The predicted octanol–water partition coefficient (Wildman–Crippen LogP) is 2.63. The summed E-state index contributed by atoms with van der Waals surface area (Å²) >= 11 is 0. The average Bonchev–Trinajstić information content (AvgIpc) is 2.49. The van der Waals surface area contributed by atoms with Gasteiger partial charge in [-0.3, -0.25) is 0 Å². The van der Waals surface area contributed by atoms with Crippen LogP contribution in [0.5, 0.6) is 11.6 Å². The lowest BCUT2D eigenvalue weighted by atomic mass is 10.0. The second-order valence-electron chi connectivity index (χ2n) is 5.21. The van der Waals surface area contributed by atoms with Crippen molar-refractivity contribution in [3.63, 3.8) is 0 Å². The molecule has 1 aromatic heterocycles. The third kappa shape index (κ3) is 2.43. The molecular weight excluding hydrogens is 252 g/mol. The number of pyridine rings is 1. The smallest absolute Gasteiger partial charge is 0.218 e. The highest BCUT2D eigenvalue weighted by molar-refractivity contribution is 5.94. The van der Waals surface area contributed by atoms with E-state index in [0.717, 1.165) is 54.4 Å². The van der Waals surface area contributed by atoms with E-state index in [4.69, 9.17) is 4.74 Å². The number of nitrogens with zero attached hydrogens (tertiary/aromatic N) is 1. The van der Waals surface area contributed by atoms with Crippen molar-refractivity contribution in [2.45, 2.75) is 32.3 Å². The zero-order valence-electron chi connectivity index (χ0n) is 11.7. The molecule has 0 bridgehead atoms. The van der Waals surface area contributed by atoms with Crippen LogP contribution in [0.4, 0.5) is 0 Å². The van der Waals surface area contributed by atoms with Crippen molar-refractivity contribution in [2.24, 2.45) is 0 Å². The summed E-state index contributed by atoms with van der Waals surface area (Å²) in [4.78, 5) is 4.06. The number of aryl methyl sites for hydroxylation is 1. The van der Waals surface area contributed by atoms with E-state index in [0.29, 0.717) is 0 Å². The quantitative estimate of drug-likeness (QED) is 0.902. The van der Waals surface area contributed by atoms with Crippen LogP contribution in [0.15, 0.2) is 24.4 Å². The zero-order valence-corrected chi connectivity index (χ0v) is 11.7. The lowest BCUT2D eigenvalue weighted by Crippen LogP contribution is -2.34. The van der Waals surface area contributed by atoms with Crippen molar-refractivity contribution < 1.29 is 9.84 Å². The minimum absolute atomic E-state index is 0.0768. The molecule has 2 N–H and O–H groups in total. The molecule has 1 aliphatic heterocycles. The van der Waals surface area contributed by atoms with Crippen molar-refractivity contribution in [2.75, 3.05) is 13.1 Å². The van der Waals surface area contributed by atoms with Gasteiger partial charge in [-0.15, -0.1) is 0 Å². The Kier molecular flexibility index (Phi) is 3.74. The molecule has 1 saturated heterocycles. The van der Waals surface area contributed by atoms with E-state index in [1.165, 1.54) is 0 Å². The van der Waals surface area contributed by atoms with Crippen LogP contribution in [-0.4, -0.2) is 29.3 Å². The molecule has 0 unspecified atom stereocenters. The first-order valence-corrected chi connectivity index (χ1v) is 7.26. The van der Waals surface area contributed by atoms with Crippen LogP contribution in [0.2, 0.25) is 0 Å². The molecule has 106 valence electrons. The van der Waals surface area contributed by atoms with Gasteiger partial charge in [-0.1, -0.05) is 13.0 Å². The summed E-state index contributed by atoms with van der Waals surface area (Å²) in [7, 11) is 0. The molecule has 1 aromatic carbocycles. The van der Waals surface area contributed by atoms with Crippen LogP contribution in [0.3, 0.4) is 0 Å². The summed E-state index contributed by atoms with van der Waals surface area (Å²) in [5.74, 6) is 0.942. The van der Waals surface area contributed by atoms with E-state index >= 15 is 0 Å². The monoisotopic (exact) mass is 272 g/mol. The third-order valence-corrected chi connectivity index (χ3v) is 3.89. The minimum atomic E-state index is 0.0768. The molecule has 1 aliphatic rings. The second kappa shape index (κ2) is 5.67. The Morgan fingerprint density at radius 1 is 1.35 bits per heavy atom. The predicted molar refractivity (Wildman–Crippen MR) is 79.3 cm³/mol. The Hall–Kier alpha value is -1.81. The van der Waals surface area contributed by atoms with Gasteiger partial charge in [-0.2, -0.15) is 0 Å². The number of benzene rings is 1. The normalized spacial score (nSPS) is 16.4. The molecule has 4 nitrogen and oxygen atoms in total. The number of aromatic hydroxyl groups is 1. The molecule has 0 aliphatic carbocycles. The number of ether oxygens (including phenoxy) is 1. The molecule has 0 amide bonds. The summed E-state index contributed by atoms with van der Waals surface area (Å²) in [5, 5.41) is 15.1. The van der Waals surface area contributed by atoms with Gasteiger partial charge in [-0.25, -0.2) is 4.98 Å². The van der Waals surface area contributed by atoms with Crippen molar-refractivity contribution in [1.29, 1.82) is 0 Å². The lowest BCUT2D eigenvalue weighted by Gasteiger charge is -2.25. The Labute approximate surface area is 118 Å². The zero-order chi connectivity index (χ0) is 13.9. The Bertz CT molecular complexity index is 607. The average molecular weight is 272 g/mol. The molecule has 0 saturated carbocycles. The summed E-state index contributed by atoms with van der Waals surface area (Å²) in [6.07, 6.45) is 4.91. The molecule has 2 heterocycles. The van der Waals surface area contributed by atoms with Crippen molar-refractivity contribution in [1.82, 2.24) is 10.3 Å². The lowest BCUT2D eigenvalue weighted by molar-refractivity contribution is 0.164. The minimum Gasteiger partial charge on any atom is -0.493 e. The fourth-order valence-corrected chi connectivity index (χ4v) is 2.78. The van der Waals surface area contributed by atoms with E-state index in [2.05, 4.69) is 17.2 Å². The van der Waals surface area contributed by atoms with Crippen LogP contribution in [0, 0.1) is 0 Å². The third-order valence-electron chi connectivity index (χ3n) is 3.89. The number of nitrogens with one attached hydrogen (secondary N) is 1. The highest BCUT2D eigenvalue weighted by Gasteiger charge is 2.17. The Balaban J connectivity index is 2.03. The number of fused-ring (bicyclic) bond motifs is 1. The molecule has 0 atom stereocenters. The van der Waals surface area contributed by atoms with Crippen LogP contribution in [0.25, 0.3) is 10.8 Å². The van der Waals surface area contributed by atoms with Gasteiger partial charge in [0.25, 0.3) is 0 Å². The van der Waals surface area contributed by atoms with Gasteiger partial charge in [0, 0.05) is 17.0 Å². The summed E-state index contributed by atoms with van der Waals surface area (Å²) < 4.78 is 6.19. The van der Waals surface area contributed by atoms with Gasteiger partial charge in [0.2, 0.25) is 5.88 Å². The van der Waals surface area contributed by atoms with E-state index < -0.39 is 0 Å². The standard InChI is InChI=1S/C16H20N2O2/c1-2-11-10-18-16(19)13-4-3-5-14(15(11)13)20-12-6-8-17-9-7-12/h3-5,10,12,17H,2,6-9H2,1H3,(H,18,19). The van der Waals surface area contributed by atoms with Gasteiger partial charge in [-0.05, 0) is 50.0 Å². The van der Waals surface area contributed by atoms with E-state index in [1.807, 2.05) is 18.2 Å². The first-order valence-electron chi connectivity index (χ1n) is 7.26. The van der Waals surface area contributed by atoms with Crippen LogP contribution in [0.1, 0.15) is 25.3 Å². The fourth-order valence-electron chi connectivity index (χ4n) is 2.78. The summed E-state index contributed by atoms with van der Waals surface area (Å²) in [5.41, 5.74) is 1.11. The van der Waals surface area contributed by atoms with Crippen LogP contribution >= 0.6 is 0 Å². The topological polar surface area (TPSA) is 54.4 Å². The molecule has 0 radical (unpaired) electrons. The number of hydrogen-bond acceptors (Lipinski definition) is 4. The Morgan fingerprint density at radius 2 is 2.15 bits per heavy atom. The maximum absolute atomic E-state index is 9.94. The first kappa shape index (κ1) is 13.2. The van der Waals surface area contributed by atoms with Gasteiger partial charge < -0.3 is 15.2 Å². The van der Waals surface area contributed by atoms with Crippen LogP contribution < -0.4 is 10.1 Å². The van der Waals surface area contributed by atoms with Gasteiger partial charge >= 0.3 is 0 Å². The van der Waals surface area contributed by atoms with Crippen molar-refractivity contribution in [3.8, 4) is 11.6 Å². The number of aromatic nitrogens is 1. The van der Waals surface area contributed by atoms with Gasteiger partial charge in [0.05, 0.1) is 0 Å². The van der Waals surface area contributed by atoms with E-state index in [-0.39, 0.29) is 12.0 Å². The molecule has 1 fully saturated rings. The number of piperidine rings is 1. The van der Waals surface area contributed by atoms with Gasteiger partial charge in [0.1, 0.15) is 11.9 Å². The maximum atomic E-state index is 9.94. The maximum Gasteiger partial charge on any atom is 0.218 e. The fraction of sp³-hybridized carbons (Fsp3) is 0.438.